The highest BCUT2D eigenvalue weighted by molar-refractivity contribution is 6.74. The first kappa shape index (κ1) is 19.2. The number of allylic oxidation sites excluding steroid dienone is 2. The standard InChI is InChI=1S/C20H34OSi/c1-18(15-16-19-13-8-7-9-14-19)12-10-11-17-21-22(5,6)20(2,3)4/h7-9,12-14H,10-11,15-17H2,1-6H3. The van der Waals surface area contributed by atoms with E-state index in [1.54, 1.807) is 0 Å². The van der Waals surface area contributed by atoms with Crippen molar-refractivity contribution in [3.8, 4) is 0 Å². The van der Waals surface area contributed by atoms with Crippen molar-refractivity contribution in [1.29, 1.82) is 0 Å². The first-order valence-corrected chi connectivity index (χ1v) is 11.5. The molecular formula is C20H34OSi. The Morgan fingerprint density at radius 1 is 1.14 bits per heavy atom. The van der Waals surface area contributed by atoms with E-state index in [-0.39, 0.29) is 0 Å². The molecule has 0 radical (unpaired) electrons. The van der Waals surface area contributed by atoms with E-state index < -0.39 is 8.32 Å². The first-order chi connectivity index (χ1) is 10.2. The third kappa shape index (κ3) is 6.93. The average Bonchev–Trinajstić information content (AvgIpc) is 2.44. The van der Waals surface area contributed by atoms with Crippen LogP contribution in [0, 0.1) is 0 Å². The summed E-state index contributed by atoms with van der Waals surface area (Å²) in [6.45, 7) is 14.7. The van der Waals surface area contributed by atoms with Crippen molar-refractivity contribution < 1.29 is 4.43 Å². The summed E-state index contributed by atoms with van der Waals surface area (Å²) in [6.07, 6.45) is 6.96. The van der Waals surface area contributed by atoms with Gasteiger partial charge in [-0.3, -0.25) is 0 Å². The van der Waals surface area contributed by atoms with Crippen LogP contribution in [0.3, 0.4) is 0 Å². The second-order valence-electron chi connectivity index (χ2n) is 7.79. The Kier molecular flexibility index (Phi) is 7.57. The number of hydrogen-bond acceptors (Lipinski definition) is 1. The van der Waals surface area contributed by atoms with Crippen LogP contribution in [0.2, 0.25) is 18.1 Å². The zero-order valence-electron chi connectivity index (χ0n) is 15.4. The van der Waals surface area contributed by atoms with E-state index in [1.165, 1.54) is 11.1 Å². The van der Waals surface area contributed by atoms with Crippen LogP contribution < -0.4 is 0 Å². The van der Waals surface area contributed by atoms with E-state index in [1.807, 2.05) is 0 Å². The summed E-state index contributed by atoms with van der Waals surface area (Å²) in [5.41, 5.74) is 2.92. The molecule has 0 aliphatic carbocycles. The van der Waals surface area contributed by atoms with Crippen LogP contribution >= 0.6 is 0 Å². The zero-order valence-corrected chi connectivity index (χ0v) is 16.4. The third-order valence-corrected chi connectivity index (χ3v) is 9.30. The van der Waals surface area contributed by atoms with Crippen LogP contribution in [-0.2, 0) is 10.8 Å². The lowest BCUT2D eigenvalue weighted by Crippen LogP contribution is -2.40. The maximum atomic E-state index is 6.21. The molecule has 0 N–H and O–H groups in total. The minimum Gasteiger partial charge on any atom is -0.417 e. The van der Waals surface area contributed by atoms with Crippen LogP contribution in [0.15, 0.2) is 42.0 Å². The average molecular weight is 319 g/mol. The molecule has 0 bridgehead atoms. The predicted molar refractivity (Wildman–Crippen MR) is 101 cm³/mol. The quantitative estimate of drug-likeness (QED) is 0.307. The van der Waals surface area contributed by atoms with Gasteiger partial charge in [0.05, 0.1) is 0 Å². The molecule has 124 valence electrons. The van der Waals surface area contributed by atoms with E-state index in [2.05, 4.69) is 77.2 Å². The van der Waals surface area contributed by atoms with Gasteiger partial charge in [-0.05, 0) is 56.3 Å². The van der Waals surface area contributed by atoms with Gasteiger partial charge in [0.15, 0.2) is 8.32 Å². The molecule has 0 saturated carbocycles. The van der Waals surface area contributed by atoms with Gasteiger partial charge in [-0.2, -0.15) is 0 Å². The largest absolute Gasteiger partial charge is 0.417 e. The number of unbranched alkanes of at least 4 members (excludes halogenated alkanes) is 1. The molecule has 0 aliphatic rings. The van der Waals surface area contributed by atoms with Crippen molar-refractivity contribution in [3.05, 3.63) is 47.5 Å². The van der Waals surface area contributed by atoms with Crippen LogP contribution in [0.5, 0.6) is 0 Å². The fourth-order valence-electron chi connectivity index (χ4n) is 2.06. The summed E-state index contributed by atoms with van der Waals surface area (Å²) < 4.78 is 6.21. The summed E-state index contributed by atoms with van der Waals surface area (Å²) >= 11 is 0. The van der Waals surface area contributed by atoms with Gasteiger partial charge in [0.2, 0.25) is 0 Å². The third-order valence-electron chi connectivity index (χ3n) is 4.76. The minimum absolute atomic E-state index is 0.314. The molecule has 1 aromatic rings. The minimum atomic E-state index is -1.56. The molecule has 1 aromatic carbocycles. The molecule has 2 heteroatoms. The van der Waals surface area contributed by atoms with Crippen molar-refractivity contribution in [1.82, 2.24) is 0 Å². The van der Waals surface area contributed by atoms with Crippen LogP contribution in [0.4, 0.5) is 0 Å². The normalized spacial score (nSPS) is 13.5. The van der Waals surface area contributed by atoms with Crippen molar-refractivity contribution >= 4 is 8.32 Å². The Hall–Kier alpha value is -0.863. The maximum absolute atomic E-state index is 6.21. The van der Waals surface area contributed by atoms with Gasteiger partial charge >= 0.3 is 0 Å². The fourth-order valence-corrected chi connectivity index (χ4v) is 3.15. The Morgan fingerprint density at radius 2 is 1.77 bits per heavy atom. The molecule has 0 saturated heterocycles. The fraction of sp³-hybridized carbons (Fsp3) is 0.600. The number of benzene rings is 1. The lowest BCUT2D eigenvalue weighted by atomic mass is 10.0. The number of aryl methyl sites for hydroxylation is 1. The molecule has 0 fully saturated rings. The monoisotopic (exact) mass is 318 g/mol. The van der Waals surface area contributed by atoms with Gasteiger partial charge < -0.3 is 4.43 Å². The van der Waals surface area contributed by atoms with E-state index >= 15 is 0 Å². The Balaban J connectivity index is 2.23. The van der Waals surface area contributed by atoms with E-state index in [0.717, 1.165) is 32.3 Å². The van der Waals surface area contributed by atoms with Gasteiger partial charge in [0, 0.05) is 6.61 Å². The molecule has 0 atom stereocenters. The van der Waals surface area contributed by atoms with Crippen LogP contribution in [-0.4, -0.2) is 14.9 Å². The lowest BCUT2D eigenvalue weighted by molar-refractivity contribution is 0.283. The summed E-state index contributed by atoms with van der Waals surface area (Å²) in [4.78, 5) is 0. The van der Waals surface area contributed by atoms with Gasteiger partial charge in [-0.1, -0.05) is 62.8 Å². The number of hydrogen-bond donors (Lipinski definition) is 0. The van der Waals surface area contributed by atoms with E-state index in [4.69, 9.17) is 4.43 Å². The van der Waals surface area contributed by atoms with E-state index in [0.29, 0.717) is 5.04 Å². The van der Waals surface area contributed by atoms with E-state index in [9.17, 15) is 0 Å². The second-order valence-corrected chi connectivity index (χ2v) is 12.6. The maximum Gasteiger partial charge on any atom is 0.191 e. The smallest absolute Gasteiger partial charge is 0.191 e. The summed E-state index contributed by atoms with van der Waals surface area (Å²) in [7, 11) is -1.56. The van der Waals surface area contributed by atoms with Gasteiger partial charge in [-0.25, -0.2) is 0 Å². The molecule has 0 heterocycles. The molecule has 0 aliphatic heterocycles. The molecule has 0 aromatic heterocycles. The zero-order chi connectivity index (χ0) is 16.6. The number of rotatable bonds is 8. The molecule has 1 rings (SSSR count). The molecule has 0 unspecified atom stereocenters. The molecular weight excluding hydrogens is 284 g/mol. The highest BCUT2D eigenvalue weighted by atomic mass is 28.4. The van der Waals surface area contributed by atoms with Crippen molar-refractivity contribution in [2.24, 2.45) is 0 Å². The van der Waals surface area contributed by atoms with Crippen LogP contribution in [0.1, 0.15) is 52.5 Å². The molecule has 22 heavy (non-hydrogen) atoms. The van der Waals surface area contributed by atoms with Crippen molar-refractivity contribution in [2.75, 3.05) is 6.61 Å². The van der Waals surface area contributed by atoms with Crippen molar-refractivity contribution in [2.45, 2.75) is 71.5 Å². The Bertz CT molecular complexity index is 454. The van der Waals surface area contributed by atoms with Gasteiger partial charge in [0.1, 0.15) is 0 Å². The predicted octanol–water partition coefficient (Wildman–Crippen LogP) is 6.37. The van der Waals surface area contributed by atoms with Gasteiger partial charge in [0.25, 0.3) is 0 Å². The summed E-state index contributed by atoms with van der Waals surface area (Å²) in [5, 5.41) is 0.314. The van der Waals surface area contributed by atoms with Crippen LogP contribution in [0.25, 0.3) is 0 Å². The van der Waals surface area contributed by atoms with Gasteiger partial charge in [-0.15, -0.1) is 0 Å². The Labute approximate surface area is 138 Å². The SMILES string of the molecule is CC(=CCCCO[Si](C)(C)C(C)(C)C)CCc1ccccc1. The first-order valence-electron chi connectivity index (χ1n) is 8.56. The topological polar surface area (TPSA) is 9.23 Å². The highest BCUT2D eigenvalue weighted by Crippen LogP contribution is 2.36. The second kappa shape index (κ2) is 8.69. The molecule has 1 nitrogen and oxygen atoms in total. The lowest BCUT2D eigenvalue weighted by Gasteiger charge is -2.36. The summed E-state index contributed by atoms with van der Waals surface area (Å²) in [5.74, 6) is 0. The Morgan fingerprint density at radius 3 is 2.36 bits per heavy atom. The van der Waals surface area contributed by atoms with Crippen molar-refractivity contribution in [3.63, 3.8) is 0 Å². The summed E-state index contributed by atoms with van der Waals surface area (Å²) in [6, 6.07) is 10.7. The highest BCUT2D eigenvalue weighted by Gasteiger charge is 2.36. The molecule has 0 spiro atoms. The molecule has 0 amide bonds.